The zero-order valence-electron chi connectivity index (χ0n) is 14.4. The number of rotatable bonds is 3. The molecule has 0 radical (unpaired) electrons. The molecule has 3 aromatic rings. The molecule has 1 N–H and O–H groups in total. The first-order chi connectivity index (χ1) is 12.2. The van der Waals surface area contributed by atoms with Gasteiger partial charge in [-0.2, -0.15) is 5.26 Å². The molecule has 0 fully saturated rings. The molecule has 0 aliphatic carbocycles. The summed E-state index contributed by atoms with van der Waals surface area (Å²) < 4.78 is 24.4. The summed E-state index contributed by atoms with van der Waals surface area (Å²) in [4.78, 5) is 17.1. The average Bonchev–Trinajstić information content (AvgIpc) is 2.89. The van der Waals surface area contributed by atoms with Gasteiger partial charge in [-0.15, -0.1) is 0 Å². The molecule has 26 heavy (non-hydrogen) atoms. The number of hydrogen-bond acceptors (Lipinski definition) is 5. The highest BCUT2D eigenvalue weighted by atomic mass is 32.2. The van der Waals surface area contributed by atoms with E-state index in [-0.39, 0.29) is 10.5 Å². The molecule has 2 heterocycles. The smallest absolute Gasteiger partial charge is 0.280 e. The van der Waals surface area contributed by atoms with E-state index in [0.29, 0.717) is 22.6 Å². The van der Waals surface area contributed by atoms with Crippen molar-refractivity contribution >= 4 is 9.84 Å². The van der Waals surface area contributed by atoms with Gasteiger partial charge >= 0.3 is 0 Å². The molecule has 0 spiro atoms. The van der Waals surface area contributed by atoms with Gasteiger partial charge in [-0.25, -0.2) is 18.1 Å². The van der Waals surface area contributed by atoms with Crippen molar-refractivity contribution in [2.75, 3.05) is 6.26 Å². The average molecular weight is 368 g/mol. The van der Waals surface area contributed by atoms with Crippen molar-refractivity contribution in [3.05, 3.63) is 63.7 Å². The highest BCUT2D eigenvalue weighted by molar-refractivity contribution is 7.90. The van der Waals surface area contributed by atoms with Gasteiger partial charge in [0.15, 0.2) is 15.7 Å². The van der Waals surface area contributed by atoms with Crippen molar-refractivity contribution in [1.29, 1.82) is 5.26 Å². The molecule has 8 heteroatoms. The van der Waals surface area contributed by atoms with Gasteiger partial charge in [0.25, 0.3) is 5.56 Å². The summed E-state index contributed by atoms with van der Waals surface area (Å²) in [6, 6.07) is 10.1. The SMILES string of the molecule is Cc1cc(C#N)ccc1-c1c(C)[nH]n(-c2ccc(S(C)(=O)=O)cn2)c1=O. The molecule has 132 valence electrons. The van der Waals surface area contributed by atoms with Gasteiger partial charge in [-0.1, -0.05) is 6.07 Å². The maximum absolute atomic E-state index is 12.9. The van der Waals surface area contributed by atoms with E-state index in [0.717, 1.165) is 17.4 Å². The van der Waals surface area contributed by atoms with Crippen LogP contribution in [0.4, 0.5) is 0 Å². The molecule has 0 saturated heterocycles. The molecule has 7 nitrogen and oxygen atoms in total. The van der Waals surface area contributed by atoms with Crippen molar-refractivity contribution in [2.24, 2.45) is 0 Å². The summed E-state index contributed by atoms with van der Waals surface area (Å²) in [5.74, 6) is 0.294. The maximum Gasteiger partial charge on any atom is 0.280 e. The van der Waals surface area contributed by atoms with Crippen LogP contribution in [-0.4, -0.2) is 29.4 Å². The van der Waals surface area contributed by atoms with E-state index in [1.54, 1.807) is 25.1 Å². The molecule has 3 rings (SSSR count). The Kier molecular flexibility index (Phi) is 4.26. The number of H-pyrrole nitrogens is 1. The number of pyridine rings is 1. The Morgan fingerprint density at radius 2 is 1.92 bits per heavy atom. The Hall–Kier alpha value is -3.18. The number of aromatic nitrogens is 3. The second-order valence-corrected chi connectivity index (χ2v) is 8.03. The Labute approximate surface area is 150 Å². The lowest BCUT2D eigenvalue weighted by Crippen LogP contribution is -2.17. The van der Waals surface area contributed by atoms with Crippen LogP contribution in [0.5, 0.6) is 0 Å². The fraction of sp³-hybridized carbons (Fsp3) is 0.167. The van der Waals surface area contributed by atoms with Crippen molar-refractivity contribution in [2.45, 2.75) is 18.7 Å². The molecule has 0 saturated carbocycles. The lowest BCUT2D eigenvalue weighted by molar-refractivity contribution is 0.601. The predicted molar refractivity (Wildman–Crippen MR) is 96.9 cm³/mol. The van der Waals surface area contributed by atoms with E-state index in [1.165, 1.54) is 23.0 Å². The first-order valence-electron chi connectivity index (χ1n) is 7.71. The Balaban J connectivity index is 2.13. The third-order valence-corrected chi connectivity index (χ3v) is 5.17. The summed E-state index contributed by atoms with van der Waals surface area (Å²) in [5.41, 5.74) is 2.91. The minimum absolute atomic E-state index is 0.0840. The van der Waals surface area contributed by atoms with Crippen LogP contribution in [0, 0.1) is 25.2 Å². The maximum atomic E-state index is 12.9. The fourth-order valence-electron chi connectivity index (χ4n) is 2.76. The van der Waals surface area contributed by atoms with E-state index >= 15 is 0 Å². The molecular formula is C18H16N4O3S. The summed E-state index contributed by atoms with van der Waals surface area (Å²) in [7, 11) is -3.36. The number of aromatic amines is 1. The van der Waals surface area contributed by atoms with E-state index in [1.807, 2.05) is 6.92 Å². The van der Waals surface area contributed by atoms with Gasteiger partial charge in [0.1, 0.15) is 0 Å². The van der Waals surface area contributed by atoms with Crippen LogP contribution < -0.4 is 5.56 Å². The second kappa shape index (κ2) is 6.28. The van der Waals surface area contributed by atoms with Crippen LogP contribution in [0.25, 0.3) is 16.9 Å². The number of hydrogen-bond donors (Lipinski definition) is 1. The molecule has 2 aromatic heterocycles. The van der Waals surface area contributed by atoms with Crippen molar-refractivity contribution < 1.29 is 8.42 Å². The van der Waals surface area contributed by atoms with E-state index in [9.17, 15) is 13.2 Å². The van der Waals surface area contributed by atoms with Crippen molar-refractivity contribution in [3.63, 3.8) is 0 Å². The number of nitriles is 1. The van der Waals surface area contributed by atoms with Gasteiger partial charge in [-0.3, -0.25) is 9.89 Å². The topological polar surface area (TPSA) is 109 Å². The van der Waals surface area contributed by atoms with Crippen LogP contribution >= 0.6 is 0 Å². The van der Waals surface area contributed by atoms with Gasteiger partial charge in [0.05, 0.1) is 22.1 Å². The molecule has 0 amide bonds. The monoisotopic (exact) mass is 368 g/mol. The predicted octanol–water partition coefficient (Wildman–Crippen LogP) is 2.12. The van der Waals surface area contributed by atoms with E-state index in [2.05, 4.69) is 16.2 Å². The first-order valence-corrected chi connectivity index (χ1v) is 9.60. The number of nitrogens with zero attached hydrogens (tertiary/aromatic N) is 3. The second-order valence-electron chi connectivity index (χ2n) is 6.02. The van der Waals surface area contributed by atoms with Gasteiger partial charge in [0, 0.05) is 18.1 Å². The third-order valence-electron chi connectivity index (χ3n) is 4.07. The summed E-state index contributed by atoms with van der Waals surface area (Å²) >= 11 is 0. The normalized spacial score (nSPS) is 11.3. The van der Waals surface area contributed by atoms with Crippen LogP contribution in [-0.2, 0) is 9.84 Å². The van der Waals surface area contributed by atoms with Crippen LogP contribution in [0.3, 0.4) is 0 Å². The largest absolute Gasteiger partial charge is 0.293 e. The molecule has 0 unspecified atom stereocenters. The zero-order chi connectivity index (χ0) is 19.1. The molecule has 0 aliphatic rings. The van der Waals surface area contributed by atoms with Crippen molar-refractivity contribution in [3.8, 4) is 23.0 Å². The van der Waals surface area contributed by atoms with E-state index in [4.69, 9.17) is 5.26 Å². The zero-order valence-corrected chi connectivity index (χ0v) is 15.3. The lowest BCUT2D eigenvalue weighted by Gasteiger charge is -2.04. The minimum atomic E-state index is -3.36. The molecule has 0 atom stereocenters. The van der Waals surface area contributed by atoms with Gasteiger partial charge in [-0.05, 0) is 49.2 Å². The number of sulfone groups is 1. The fourth-order valence-corrected chi connectivity index (χ4v) is 3.32. The minimum Gasteiger partial charge on any atom is -0.293 e. The van der Waals surface area contributed by atoms with Gasteiger partial charge < -0.3 is 0 Å². The third kappa shape index (κ3) is 3.05. The highest BCUT2D eigenvalue weighted by Crippen LogP contribution is 2.24. The quantitative estimate of drug-likeness (QED) is 0.762. The molecule has 1 aromatic carbocycles. The molecule has 0 bridgehead atoms. The first kappa shape index (κ1) is 17.6. The summed E-state index contributed by atoms with van der Waals surface area (Å²) in [5, 5.41) is 12.0. The van der Waals surface area contributed by atoms with E-state index < -0.39 is 9.84 Å². The van der Waals surface area contributed by atoms with Gasteiger partial charge in [0.2, 0.25) is 0 Å². The van der Waals surface area contributed by atoms with Crippen LogP contribution in [0.2, 0.25) is 0 Å². The Morgan fingerprint density at radius 1 is 1.19 bits per heavy atom. The van der Waals surface area contributed by atoms with Crippen LogP contribution in [0.1, 0.15) is 16.8 Å². The standard InChI is InChI=1S/C18H16N4O3S/c1-11-8-13(9-19)4-6-15(11)17-12(2)21-22(18(17)23)16-7-5-14(10-20-16)26(3,24)25/h4-8,10,21H,1-3H3. The summed E-state index contributed by atoms with van der Waals surface area (Å²) in [6.45, 7) is 3.61. The van der Waals surface area contributed by atoms with Crippen molar-refractivity contribution in [1.82, 2.24) is 14.8 Å². The number of benzene rings is 1. The lowest BCUT2D eigenvalue weighted by atomic mass is 9.99. The molecular weight excluding hydrogens is 352 g/mol. The summed E-state index contributed by atoms with van der Waals surface area (Å²) in [6.07, 6.45) is 2.32. The highest BCUT2D eigenvalue weighted by Gasteiger charge is 2.17. The Morgan fingerprint density at radius 3 is 2.46 bits per heavy atom. The number of nitrogens with one attached hydrogen (secondary N) is 1. The molecule has 0 aliphatic heterocycles. The Bertz CT molecular complexity index is 1200. The van der Waals surface area contributed by atoms with Crippen LogP contribution in [0.15, 0.2) is 46.2 Å². The number of aryl methyl sites for hydroxylation is 2.